The molecule has 6 heteroatoms. The van der Waals surface area contributed by atoms with Crippen LogP contribution in [0, 0.1) is 23.7 Å². The van der Waals surface area contributed by atoms with Crippen LogP contribution >= 0.6 is 0 Å². The summed E-state index contributed by atoms with van der Waals surface area (Å²) in [6.45, 7) is 3.02. The summed E-state index contributed by atoms with van der Waals surface area (Å²) in [5.41, 5.74) is 10.7. The van der Waals surface area contributed by atoms with Gasteiger partial charge in [-0.15, -0.1) is 0 Å². The highest BCUT2D eigenvalue weighted by atomic mass is 16.5. The molecule has 1 saturated carbocycles. The van der Waals surface area contributed by atoms with Crippen LogP contribution in [0.1, 0.15) is 36.0 Å². The average molecular weight is 430 g/mol. The number of ether oxygens (including phenoxy) is 1. The Bertz CT molecular complexity index is 1150. The van der Waals surface area contributed by atoms with Gasteiger partial charge in [0, 0.05) is 29.8 Å². The second-order valence-electron chi connectivity index (χ2n) is 8.67. The van der Waals surface area contributed by atoms with Crippen LogP contribution < -0.4 is 5.73 Å². The normalized spacial score (nSPS) is 25.5. The number of rotatable bonds is 5. The first kappa shape index (κ1) is 20.9. The molecule has 2 aliphatic rings. The third-order valence-electron chi connectivity index (χ3n) is 6.77. The van der Waals surface area contributed by atoms with Gasteiger partial charge < -0.3 is 25.3 Å². The lowest BCUT2D eigenvalue weighted by Crippen LogP contribution is -2.28. The van der Waals surface area contributed by atoms with Gasteiger partial charge in [-0.3, -0.25) is 0 Å². The Labute approximate surface area is 187 Å². The molecular weight excluding hydrogens is 402 g/mol. The smallest absolute Gasteiger partial charge is 0.138 e. The molecule has 4 N–H and O–H groups in total. The second kappa shape index (κ2) is 8.19. The molecule has 2 fully saturated rings. The molecule has 1 aliphatic heterocycles. The van der Waals surface area contributed by atoms with Crippen LogP contribution in [0.15, 0.2) is 60.9 Å². The Hall–Kier alpha value is -2.95. The van der Waals surface area contributed by atoms with E-state index in [1.807, 2.05) is 24.3 Å². The lowest BCUT2D eigenvalue weighted by molar-refractivity contribution is 0.144. The van der Waals surface area contributed by atoms with E-state index in [1.54, 1.807) is 23.9 Å². The number of nitrogens with two attached hydrogens (primary N) is 1. The van der Waals surface area contributed by atoms with Crippen LogP contribution in [0.4, 0.5) is 0 Å². The molecule has 4 atom stereocenters. The third kappa shape index (κ3) is 3.54. The first-order valence-corrected chi connectivity index (χ1v) is 10.9. The molecular formula is C26H27N3O3. The van der Waals surface area contributed by atoms with Gasteiger partial charge in [0.2, 0.25) is 0 Å². The van der Waals surface area contributed by atoms with Crippen molar-refractivity contribution >= 4 is 0 Å². The Morgan fingerprint density at radius 1 is 1.12 bits per heavy atom. The molecule has 2 heterocycles. The molecule has 1 aliphatic carbocycles. The molecule has 32 heavy (non-hydrogen) atoms. The zero-order valence-electron chi connectivity index (χ0n) is 18.0. The van der Waals surface area contributed by atoms with E-state index in [0.717, 1.165) is 29.9 Å². The highest BCUT2D eigenvalue weighted by molar-refractivity contribution is 5.65. The summed E-state index contributed by atoms with van der Waals surface area (Å²) in [4.78, 5) is 4.15. The van der Waals surface area contributed by atoms with E-state index in [0.29, 0.717) is 17.7 Å². The lowest BCUT2D eigenvalue weighted by Gasteiger charge is -2.16. The van der Waals surface area contributed by atoms with Crippen LogP contribution in [0.5, 0.6) is 0 Å². The van der Waals surface area contributed by atoms with Crippen molar-refractivity contribution in [1.82, 2.24) is 9.55 Å². The van der Waals surface area contributed by atoms with Crippen LogP contribution in [0.3, 0.4) is 0 Å². The molecule has 6 nitrogen and oxygen atoms in total. The van der Waals surface area contributed by atoms with Crippen molar-refractivity contribution in [3.8, 4) is 23.0 Å². The highest BCUT2D eigenvalue weighted by Crippen LogP contribution is 2.59. The van der Waals surface area contributed by atoms with Crippen LogP contribution in [0.25, 0.3) is 11.1 Å². The zero-order chi connectivity index (χ0) is 22.3. The van der Waals surface area contributed by atoms with Crippen molar-refractivity contribution in [2.24, 2.45) is 17.6 Å². The van der Waals surface area contributed by atoms with Crippen molar-refractivity contribution in [2.75, 3.05) is 19.8 Å². The van der Waals surface area contributed by atoms with Gasteiger partial charge in [-0.2, -0.15) is 0 Å². The van der Waals surface area contributed by atoms with Gasteiger partial charge in [0.1, 0.15) is 18.0 Å². The first-order chi connectivity index (χ1) is 15.5. The quantitative estimate of drug-likeness (QED) is 0.542. The van der Waals surface area contributed by atoms with Crippen LogP contribution in [-0.2, 0) is 10.3 Å². The number of fused-ring (bicyclic) bond motifs is 1. The van der Waals surface area contributed by atoms with Gasteiger partial charge in [-0.25, -0.2) is 4.98 Å². The zero-order valence-corrected chi connectivity index (χ0v) is 18.0. The summed E-state index contributed by atoms with van der Waals surface area (Å²) in [6, 6.07) is 16.1. The van der Waals surface area contributed by atoms with E-state index in [9.17, 15) is 10.2 Å². The summed E-state index contributed by atoms with van der Waals surface area (Å²) >= 11 is 0. The predicted molar refractivity (Wildman–Crippen MR) is 121 cm³/mol. The Kier molecular flexibility index (Phi) is 5.36. The molecule has 5 rings (SSSR count). The van der Waals surface area contributed by atoms with E-state index in [-0.39, 0.29) is 12.1 Å². The number of hydrogen-bond acceptors (Lipinski definition) is 5. The number of nitrogens with zero attached hydrogens (tertiary/aromatic N) is 2. The predicted octanol–water partition coefficient (Wildman–Crippen LogP) is 2.62. The standard InChI is InChI=1S/C26H27N3O3/c1-17(31)25-28-12-13-29(25)22(14-30)11-4-18-2-5-19(6-3-18)20-7-9-21(10-8-20)26(27)23-15-32-16-24(23)26/h2-3,5-10,12-13,17,22-24,30-31H,14-16,27H2,1H3. The third-order valence-corrected chi connectivity index (χ3v) is 6.77. The molecule has 3 aromatic rings. The maximum atomic E-state index is 9.84. The minimum absolute atomic E-state index is 0.163. The number of hydrogen-bond donors (Lipinski definition) is 3. The Balaban J connectivity index is 1.30. The van der Waals surface area contributed by atoms with E-state index in [1.165, 1.54) is 5.56 Å². The van der Waals surface area contributed by atoms with Crippen molar-refractivity contribution in [2.45, 2.75) is 24.6 Å². The van der Waals surface area contributed by atoms with Gasteiger partial charge in [0.05, 0.1) is 25.4 Å². The largest absolute Gasteiger partial charge is 0.393 e. The second-order valence-corrected chi connectivity index (χ2v) is 8.67. The van der Waals surface area contributed by atoms with Crippen molar-refractivity contribution in [1.29, 1.82) is 0 Å². The minimum Gasteiger partial charge on any atom is -0.393 e. The van der Waals surface area contributed by atoms with Gasteiger partial charge in [0.25, 0.3) is 0 Å². The summed E-state index contributed by atoms with van der Waals surface area (Å²) < 4.78 is 7.19. The monoisotopic (exact) mass is 429 g/mol. The van der Waals surface area contributed by atoms with Gasteiger partial charge in [0.15, 0.2) is 0 Å². The maximum absolute atomic E-state index is 9.84. The summed E-state index contributed by atoms with van der Waals surface area (Å²) in [5.74, 6) is 7.59. The molecule has 0 radical (unpaired) electrons. The summed E-state index contributed by atoms with van der Waals surface area (Å²) in [5, 5.41) is 19.6. The molecule has 0 bridgehead atoms. The number of aliphatic hydroxyl groups excluding tert-OH is 2. The van der Waals surface area contributed by atoms with Crippen molar-refractivity contribution in [3.63, 3.8) is 0 Å². The number of aliphatic hydroxyl groups is 2. The molecule has 1 saturated heterocycles. The van der Waals surface area contributed by atoms with Gasteiger partial charge >= 0.3 is 0 Å². The van der Waals surface area contributed by atoms with E-state index >= 15 is 0 Å². The summed E-state index contributed by atoms with van der Waals surface area (Å²) in [7, 11) is 0. The molecule has 164 valence electrons. The fourth-order valence-electron chi connectivity index (χ4n) is 4.80. The Morgan fingerprint density at radius 2 is 1.75 bits per heavy atom. The number of imidazole rings is 1. The SMILES string of the molecule is CC(O)c1nccn1C(C#Cc1ccc(-c2ccc(C3(N)C4COCC43)cc2)cc1)CO. The first-order valence-electron chi connectivity index (χ1n) is 10.9. The van der Waals surface area contributed by atoms with Crippen molar-refractivity contribution < 1.29 is 14.9 Å². The molecule has 0 spiro atoms. The average Bonchev–Trinajstić information content (AvgIpc) is 3.27. The minimum atomic E-state index is -0.728. The van der Waals surface area contributed by atoms with E-state index in [2.05, 4.69) is 41.1 Å². The Morgan fingerprint density at radius 3 is 2.34 bits per heavy atom. The lowest BCUT2D eigenvalue weighted by atomic mass is 9.97. The summed E-state index contributed by atoms with van der Waals surface area (Å²) in [6.07, 6.45) is 2.59. The van der Waals surface area contributed by atoms with E-state index < -0.39 is 12.1 Å². The van der Waals surface area contributed by atoms with Crippen LogP contribution in [0.2, 0.25) is 0 Å². The number of aromatic nitrogens is 2. The van der Waals surface area contributed by atoms with E-state index in [4.69, 9.17) is 10.5 Å². The van der Waals surface area contributed by atoms with Crippen LogP contribution in [-0.4, -0.2) is 39.6 Å². The number of benzene rings is 2. The maximum Gasteiger partial charge on any atom is 0.138 e. The van der Waals surface area contributed by atoms with Gasteiger partial charge in [-0.05, 0) is 35.7 Å². The fraction of sp³-hybridized carbons (Fsp3) is 0.346. The fourth-order valence-corrected chi connectivity index (χ4v) is 4.80. The highest BCUT2D eigenvalue weighted by Gasteiger charge is 2.65. The topological polar surface area (TPSA) is 93.5 Å². The molecule has 4 unspecified atom stereocenters. The van der Waals surface area contributed by atoms with Gasteiger partial charge in [-0.1, -0.05) is 48.2 Å². The molecule has 1 aromatic heterocycles. The molecule has 2 aromatic carbocycles. The van der Waals surface area contributed by atoms with Crippen molar-refractivity contribution in [3.05, 3.63) is 77.9 Å². The molecule has 0 amide bonds.